The summed E-state index contributed by atoms with van der Waals surface area (Å²) < 4.78 is 10.4. The van der Waals surface area contributed by atoms with Crippen molar-refractivity contribution in [2.24, 2.45) is 0 Å². The molecular weight excluding hydrogens is 422 g/mol. The molecule has 1 aliphatic rings. The number of fused-ring (bicyclic) bond motifs is 1. The first-order valence-corrected chi connectivity index (χ1v) is 10.3. The monoisotopic (exact) mass is 443 g/mol. The predicted octanol–water partition coefficient (Wildman–Crippen LogP) is 3.33. The van der Waals surface area contributed by atoms with E-state index in [1.807, 2.05) is 6.07 Å². The maximum absolute atomic E-state index is 13.1. The van der Waals surface area contributed by atoms with Crippen LogP contribution in [-0.4, -0.2) is 48.2 Å². The highest BCUT2D eigenvalue weighted by molar-refractivity contribution is 6.22. The van der Waals surface area contributed by atoms with E-state index in [0.717, 1.165) is 10.5 Å². The van der Waals surface area contributed by atoms with E-state index in [0.29, 0.717) is 11.3 Å². The molecule has 1 heterocycles. The fraction of sp³-hybridized carbons (Fsp3) is 0.154. The van der Waals surface area contributed by atoms with Crippen LogP contribution in [0.1, 0.15) is 36.6 Å². The largest absolute Gasteiger partial charge is 0.497 e. The first-order valence-electron chi connectivity index (χ1n) is 10.3. The lowest BCUT2D eigenvalue weighted by Gasteiger charge is -2.24. The Labute approximate surface area is 190 Å². The first kappa shape index (κ1) is 22.0. The van der Waals surface area contributed by atoms with Crippen LogP contribution in [0.5, 0.6) is 5.75 Å². The zero-order chi connectivity index (χ0) is 23.4. The van der Waals surface area contributed by atoms with Gasteiger partial charge in [-0.15, -0.1) is 0 Å². The molecule has 2 amide bonds. The predicted molar refractivity (Wildman–Crippen MR) is 119 cm³/mol. The summed E-state index contributed by atoms with van der Waals surface area (Å²) in [6, 6.07) is 20.7. The second kappa shape index (κ2) is 9.48. The zero-order valence-electron chi connectivity index (χ0n) is 17.9. The summed E-state index contributed by atoms with van der Waals surface area (Å²) in [5.74, 6) is -1.88. The third-order valence-corrected chi connectivity index (χ3v) is 5.42. The average Bonchev–Trinajstić information content (AvgIpc) is 3.11. The minimum atomic E-state index is -1.21. The van der Waals surface area contributed by atoms with E-state index >= 15 is 0 Å². The normalized spacial score (nSPS) is 13.4. The minimum Gasteiger partial charge on any atom is -0.497 e. The average molecular weight is 443 g/mol. The number of carbonyl (C=O) groups is 4. The van der Waals surface area contributed by atoms with E-state index in [9.17, 15) is 19.2 Å². The van der Waals surface area contributed by atoms with E-state index in [1.54, 1.807) is 72.8 Å². The molecule has 33 heavy (non-hydrogen) atoms. The van der Waals surface area contributed by atoms with E-state index in [4.69, 9.17) is 9.47 Å². The van der Waals surface area contributed by atoms with Gasteiger partial charge in [0.2, 0.25) is 0 Å². The van der Waals surface area contributed by atoms with Crippen molar-refractivity contribution in [1.29, 1.82) is 0 Å². The van der Waals surface area contributed by atoms with Gasteiger partial charge >= 0.3 is 5.97 Å². The van der Waals surface area contributed by atoms with Gasteiger partial charge in [-0.1, -0.05) is 54.6 Å². The van der Waals surface area contributed by atoms with Crippen molar-refractivity contribution in [2.45, 2.75) is 12.5 Å². The molecule has 0 bridgehead atoms. The van der Waals surface area contributed by atoms with Gasteiger partial charge in [0, 0.05) is 12.0 Å². The van der Waals surface area contributed by atoms with Crippen LogP contribution in [0, 0.1) is 0 Å². The van der Waals surface area contributed by atoms with E-state index in [2.05, 4.69) is 0 Å². The third-order valence-electron chi connectivity index (χ3n) is 5.42. The Morgan fingerprint density at radius 1 is 0.848 bits per heavy atom. The summed E-state index contributed by atoms with van der Waals surface area (Å²) in [7, 11) is 1.49. The lowest BCUT2D eigenvalue weighted by Crippen LogP contribution is -2.47. The summed E-state index contributed by atoms with van der Waals surface area (Å²) in [6.45, 7) is -0.527. The van der Waals surface area contributed by atoms with Crippen LogP contribution in [0.15, 0.2) is 78.9 Å². The molecule has 7 nitrogen and oxygen atoms in total. The van der Waals surface area contributed by atoms with Crippen molar-refractivity contribution in [3.05, 3.63) is 101 Å². The fourth-order valence-electron chi connectivity index (χ4n) is 3.72. The van der Waals surface area contributed by atoms with Gasteiger partial charge in [0.15, 0.2) is 12.4 Å². The number of benzene rings is 3. The number of hydrogen-bond acceptors (Lipinski definition) is 6. The SMILES string of the molecule is COc1cccc(C(=O)COC(=O)C(Cc2ccccc2)N2C(=O)c3ccccc3C2=O)c1. The molecule has 0 aromatic heterocycles. The molecule has 1 aliphatic heterocycles. The molecule has 0 saturated heterocycles. The van der Waals surface area contributed by atoms with Crippen LogP contribution in [-0.2, 0) is 16.0 Å². The molecule has 0 saturated carbocycles. The van der Waals surface area contributed by atoms with Gasteiger partial charge in [-0.2, -0.15) is 0 Å². The topological polar surface area (TPSA) is 90.0 Å². The van der Waals surface area contributed by atoms with Crippen molar-refractivity contribution in [2.75, 3.05) is 13.7 Å². The van der Waals surface area contributed by atoms with E-state index < -0.39 is 36.2 Å². The van der Waals surface area contributed by atoms with Crippen LogP contribution in [0.2, 0.25) is 0 Å². The molecule has 7 heteroatoms. The molecule has 3 aromatic carbocycles. The number of Topliss-reactive ketones (excluding diaryl/α,β-unsaturated/α-hetero) is 1. The number of nitrogens with zero attached hydrogens (tertiary/aromatic N) is 1. The van der Waals surface area contributed by atoms with Crippen molar-refractivity contribution in [1.82, 2.24) is 4.90 Å². The third kappa shape index (κ3) is 4.52. The van der Waals surface area contributed by atoms with Gasteiger partial charge in [-0.3, -0.25) is 19.3 Å². The quantitative estimate of drug-likeness (QED) is 0.301. The van der Waals surface area contributed by atoms with E-state index in [1.165, 1.54) is 7.11 Å². The molecule has 0 N–H and O–H groups in total. The number of ketones is 1. The Morgan fingerprint density at radius 2 is 1.48 bits per heavy atom. The number of carbonyl (C=O) groups excluding carboxylic acids is 4. The van der Waals surface area contributed by atoms with E-state index in [-0.39, 0.29) is 17.5 Å². The highest BCUT2D eigenvalue weighted by Gasteiger charge is 2.43. The molecule has 1 unspecified atom stereocenters. The van der Waals surface area contributed by atoms with Gasteiger partial charge in [-0.25, -0.2) is 4.79 Å². The molecule has 166 valence electrons. The van der Waals surface area contributed by atoms with Crippen molar-refractivity contribution < 1.29 is 28.7 Å². The van der Waals surface area contributed by atoms with Gasteiger partial charge in [0.1, 0.15) is 11.8 Å². The van der Waals surface area contributed by atoms with Gasteiger partial charge < -0.3 is 9.47 Å². The van der Waals surface area contributed by atoms with Crippen LogP contribution >= 0.6 is 0 Å². The Hall–Kier alpha value is -4.26. The number of hydrogen-bond donors (Lipinski definition) is 0. The molecule has 0 fully saturated rings. The Kier molecular flexibility index (Phi) is 6.31. The molecule has 0 aliphatic carbocycles. The van der Waals surface area contributed by atoms with Crippen LogP contribution in [0.25, 0.3) is 0 Å². The summed E-state index contributed by atoms with van der Waals surface area (Å²) in [5, 5.41) is 0. The Bertz CT molecular complexity index is 1190. The number of methoxy groups -OCH3 is 1. The lowest BCUT2D eigenvalue weighted by atomic mass is 10.0. The number of ether oxygens (including phenoxy) is 2. The highest BCUT2D eigenvalue weighted by atomic mass is 16.5. The zero-order valence-corrected chi connectivity index (χ0v) is 17.9. The smallest absolute Gasteiger partial charge is 0.330 e. The molecule has 4 rings (SSSR count). The second-order valence-corrected chi connectivity index (χ2v) is 7.49. The Balaban J connectivity index is 1.56. The molecule has 0 radical (unpaired) electrons. The Morgan fingerprint density at radius 3 is 2.12 bits per heavy atom. The van der Waals surface area contributed by atoms with Gasteiger partial charge in [0.05, 0.1) is 18.2 Å². The maximum atomic E-state index is 13.1. The van der Waals surface area contributed by atoms with Crippen LogP contribution in [0.3, 0.4) is 0 Å². The maximum Gasteiger partial charge on any atom is 0.330 e. The van der Waals surface area contributed by atoms with Crippen molar-refractivity contribution in [3.63, 3.8) is 0 Å². The molecule has 1 atom stereocenters. The summed E-state index contributed by atoms with van der Waals surface area (Å²) >= 11 is 0. The molecule has 3 aromatic rings. The van der Waals surface area contributed by atoms with Crippen molar-refractivity contribution in [3.8, 4) is 5.75 Å². The number of amides is 2. The standard InChI is InChI=1S/C26H21NO6/c1-32-19-11-7-10-18(15-19)23(28)16-33-26(31)22(14-17-8-3-2-4-9-17)27-24(29)20-12-5-6-13-21(20)25(27)30/h2-13,15,22H,14,16H2,1H3. The van der Waals surface area contributed by atoms with Crippen LogP contribution in [0.4, 0.5) is 0 Å². The molecular formula is C26H21NO6. The number of esters is 1. The van der Waals surface area contributed by atoms with Crippen molar-refractivity contribution >= 4 is 23.6 Å². The summed E-state index contributed by atoms with van der Waals surface area (Å²) in [5.41, 5.74) is 1.54. The fourth-order valence-corrected chi connectivity index (χ4v) is 3.72. The summed E-state index contributed by atoms with van der Waals surface area (Å²) in [4.78, 5) is 52.5. The number of imide groups is 1. The minimum absolute atomic E-state index is 0.0679. The molecule has 0 spiro atoms. The van der Waals surface area contributed by atoms with Gasteiger partial charge in [0.25, 0.3) is 11.8 Å². The highest BCUT2D eigenvalue weighted by Crippen LogP contribution is 2.26. The summed E-state index contributed by atoms with van der Waals surface area (Å²) in [6.07, 6.45) is 0.0679. The van der Waals surface area contributed by atoms with Crippen LogP contribution < -0.4 is 4.74 Å². The first-order chi connectivity index (χ1) is 16.0. The van der Waals surface area contributed by atoms with Gasteiger partial charge in [-0.05, 0) is 29.8 Å². The lowest BCUT2D eigenvalue weighted by molar-refractivity contribution is -0.147. The second-order valence-electron chi connectivity index (χ2n) is 7.49. The number of rotatable bonds is 8.